The van der Waals surface area contributed by atoms with E-state index in [9.17, 15) is 14.9 Å². The van der Waals surface area contributed by atoms with Crippen molar-refractivity contribution in [3.8, 4) is 0 Å². The average Bonchev–Trinajstić information content (AvgIpc) is 3.25. The number of amides is 1. The van der Waals surface area contributed by atoms with Crippen molar-refractivity contribution < 1.29 is 9.72 Å². The highest BCUT2D eigenvalue weighted by Crippen LogP contribution is 2.23. The van der Waals surface area contributed by atoms with Crippen molar-refractivity contribution in [2.75, 3.05) is 13.1 Å². The third kappa shape index (κ3) is 4.59. The fourth-order valence-electron chi connectivity index (χ4n) is 2.57. The van der Waals surface area contributed by atoms with Gasteiger partial charge in [0.1, 0.15) is 0 Å². The van der Waals surface area contributed by atoms with E-state index in [1.165, 1.54) is 11.3 Å². The summed E-state index contributed by atoms with van der Waals surface area (Å²) < 4.78 is 0.405. The number of benzene rings is 1. The second-order valence-electron chi connectivity index (χ2n) is 5.53. The molecule has 11 heteroatoms. The van der Waals surface area contributed by atoms with E-state index in [0.29, 0.717) is 29.7 Å². The van der Waals surface area contributed by atoms with Crippen molar-refractivity contribution in [1.29, 1.82) is 0 Å². The number of nitrogens with one attached hydrogen (secondary N) is 2. The summed E-state index contributed by atoms with van der Waals surface area (Å²) >= 11 is 12.3. The number of thiocarbonyl (C=S) groups is 1. The van der Waals surface area contributed by atoms with Gasteiger partial charge in [-0.25, -0.2) is 4.98 Å². The summed E-state index contributed by atoms with van der Waals surface area (Å²) in [7, 11) is 0. The Morgan fingerprint density at radius 2 is 2.19 bits per heavy atom. The predicted molar refractivity (Wildman–Crippen MR) is 106 cm³/mol. The van der Waals surface area contributed by atoms with Gasteiger partial charge in [0, 0.05) is 29.7 Å². The van der Waals surface area contributed by atoms with Crippen LogP contribution in [0.1, 0.15) is 15.2 Å². The van der Waals surface area contributed by atoms with Gasteiger partial charge in [0.25, 0.3) is 5.91 Å². The number of hydrogen-bond donors (Lipinski definition) is 2. The predicted octanol–water partition coefficient (Wildman–Crippen LogP) is 2.40. The van der Waals surface area contributed by atoms with Gasteiger partial charge in [-0.05, 0) is 12.1 Å². The smallest absolute Gasteiger partial charge is 0.343 e. The van der Waals surface area contributed by atoms with Gasteiger partial charge in [-0.2, -0.15) is 0 Å². The number of rotatable bonds is 5. The molecule has 1 aromatic carbocycles. The fraction of sp³-hybridized carbons (Fsp3) is 0.188. The molecule has 2 N–H and O–H groups in total. The highest BCUT2D eigenvalue weighted by Gasteiger charge is 2.32. The lowest BCUT2D eigenvalue weighted by atomic mass is 10.2. The highest BCUT2D eigenvalue weighted by molar-refractivity contribution is 7.80. The molecule has 0 spiro atoms. The van der Waals surface area contributed by atoms with Crippen LogP contribution in [0.2, 0.25) is 4.47 Å². The molecule has 1 saturated heterocycles. The molecule has 0 bridgehead atoms. The molecule has 0 radical (unpaired) electrons. The summed E-state index contributed by atoms with van der Waals surface area (Å²) in [6, 6.07) is 8.37. The molecule has 1 aliphatic rings. The Morgan fingerprint density at radius 1 is 1.44 bits per heavy atom. The standard InChI is InChI=1S/C16H14ClN5O3S2/c17-16-19-8-11(27-16)9-21-7-6-18-13(21)12(22(24)25)15(26)20-14(23)10-4-2-1-3-5-10/h1-5,8,18H,6-7,9H2,(H,20,23,26)/b13-12-. The second-order valence-corrected chi connectivity index (χ2v) is 7.64. The largest absolute Gasteiger partial charge is 0.364 e. The summed E-state index contributed by atoms with van der Waals surface area (Å²) in [5.41, 5.74) is 0.0190. The third-order valence-corrected chi connectivity index (χ3v) is 5.14. The van der Waals surface area contributed by atoms with Gasteiger partial charge >= 0.3 is 5.70 Å². The van der Waals surface area contributed by atoms with E-state index in [1.54, 1.807) is 41.4 Å². The summed E-state index contributed by atoms with van der Waals surface area (Å²) in [6.45, 7) is 1.48. The maximum absolute atomic E-state index is 12.3. The van der Waals surface area contributed by atoms with E-state index in [4.69, 9.17) is 23.8 Å². The Balaban J connectivity index is 1.82. The molecule has 1 aliphatic heterocycles. The maximum atomic E-state index is 12.3. The molecule has 1 amide bonds. The van der Waals surface area contributed by atoms with E-state index < -0.39 is 10.8 Å². The quantitative estimate of drug-likeness (QED) is 0.329. The van der Waals surface area contributed by atoms with Gasteiger partial charge in [-0.3, -0.25) is 14.9 Å². The molecule has 1 fully saturated rings. The molecule has 2 aromatic rings. The van der Waals surface area contributed by atoms with Gasteiger partial charge in [0.15, 0.2) is 15.3 Å². The summed E-state index contributed by atoms with van der Waals surface area (Å²) in [5, 5.41) is 17.1. The first kappa shape index (κ1) is 19.2. The van der Waals surface area contributed by atoms with Crippen molar-refractivity contribution in [1.82, 2.24) is 20.5 Å². The molecule has 0 unspecified atom stereocenters. The number of halogens is 1. The first-order valence-electron chi connectivity index (χ1n) is 7.84. The van der Waals surface area contributed by atoms with Gasteiger partial charge in [0.2, 0.25) is 0 Å². The SMILES string of the molecule is O=C(NC(=S)/C(=C1\NCCN1Cc1cnc(Cl)s1)[N+](=O)[O-])c1ccccc1. The Bertz CT molecular complexity index is 916. The van der Waals surface area contributed by atoms with E-state index in [-0.39, 0.29) is 16.5 Å². The zero-order valence-corrected chi connectivity index (χ0v) is 16.2. The fourth-order valence-corrected chi connectivity index (χ4v) is 3.83. The Hall–Kier alpha value is -2.56. The van der Waals surface area contributed by atoms with Crippen molar-refractivity contribution >= 4 is 46.1 Å². The number of carbonyl (C=O) groups excluding carboxylic acids is 1. The zero-order valence-electron chi connectivity index (χ0n) is 13.8. The van der Waals surface area contributed by atoms with Crippen LogP contribution in [0.4, 0.5) is 0 Å². The van der Waals surface area contributed by atoms with Crippen molar-refractivity contribution in [3.05, 3.63) is 73.1 Å². The number of carbonyl (C=O) groups is 1. The lowest BCUT2D eigenvalue weighted by molar-refractivity contribution is -0.417. The summed E-state index contributed by atoms with van der Waals surface area (Å²) in [4.78, 5) is 29.7. The van der Waals surface area contributed by atoms with Gasteiger partial charge < -0.3 is 15.5 Å². The normalized spacial score (nSPS) is 15.2. The van der Waals surface area contributed by atoms with Crippen LogP contribution >= 0.6 is 35.2 Å². The molecule has 2 heterocycles. The zero-order chi connectivity index (χ0) is 19.4. The molecule has 27 heavy (non-hydrogen) atoms. The summed E-state index contributed by atoms with van der Waals surface area (Å²) in [5.74, 6) is -0.234. The number of hydrogen-bond acceptors (Lipinski definition) is 8. The minimum absolute atomic E-state index is 0.245. The molecular weight excluding hydrogens is 410 g/mol. The molecule has 140 valence electrons. The van der Waals surface area contributed by atoms with Crippen LogP contribution in [0.3, 0.4) is 0 Å². The van der Waals surface area contributed by atoms with Crippen LogP contribution in [0.25, 0.3) is 0 Å². The summed E-state index contributed by atoms with van der Waals surface area (Å²) in [6.07, 6.45) is 1.63. The topological polar surface area (TPSA) is 100 Å². The number of thiazole rings is 1. The molecular formula is C16H14ClN5O3S2. The highest BCUT2D eigenvalue weighted by atomic mass is 35.5. The van der Waals surface area contributed by atoms with Crippen LogP contribution in [0, 0.1) is 10.1 Å². The maximum Gasteiger partial charge on any atom is 0.343 e. The average molecular weight is 424 g/mol. The minimum atomic E-state index is -0.589. The lowest BCUT2D eigenvalue weighted by Crippen LogP contribution is -2.36. The van der Waals surface area contributed by atoms with Crippen LogP contribution in [0.5, 0.6) is 0 Å². The molecule has 8 nitrogen and oxygen atoms in total. The third-order valence-electron chi connectivity index (χ3n) is 3.75. The lowest BCUT2D eigenvalue weighted by Gasteiger charge is -2.18. The first-order valence-corrected chi connectivity index (χ1v) is 9.44. The van der Waals surface area contributed by atoms with Crippen LogP contribution < -0.4 is 10.6 Å². The molecule has 3 rings (SSSR count). The first-order chi connectivity index (χ1) is 13.0. The number of aromatic nitrogens is 1. The Morgan fingerprint density at radius 3 is 2.81 bits per heavy atom. The van der Waals surface area contributed by atoms with Crippen LogP contribution in [-0.4, -0.2) is 38.8 Å². The minimum Gasteiger partial charge on any atom is -0.364 e. The van der Waals surface area contributed by atoms with Crippen LogP contribution in [0.15, 0.2) is 48.0 Å². The second kappa shape index (κ2) is 8.42. The van der Waals surface area contributed by atoms with E-state index >= 15 is 0 Å². The van der Waals surface area contributed by atoms with Crippen LogP contribution in [-0.2, 0) is 6.54 Å². The van der Waals surface area contributed by atoms with Gasteiger partial charge in [-0.15, -0.1) is 11.3 Å². The number of nitrogens with zero attached hydrogens (tertiary/aromatic N) is 3. The van der Waals surface area contributed by atoms with Crippen molar-refractivity contribution in [2.45, 2.75) is 6.54 Å². The van der Waals surface area contributed by atoms with E-state index in [1.807, 2.05) is 0 Å². The van der Waals surface area contributed by atoms with Gasteiger partial charge in [0.05, 0.1) is 11.5 Å². The van der Waals surface area contributed by atoms with Crippen molar-refractivity contribution in [3.63, 3.8) is 0 Å². The van der Waals surface area contributed by atoms with E-state index in [0.717, 1.165) is 4.88 Å². The molecule has 0 saturated carbocycles. The molecule has 0 aliphatic carbocycles. The molecule has 0 atom stereocenters. The monoisotopic (exact) mass is 423 g/mol. The van der Waals surface area contributed by atoms with Crippen molar-refractivity contribution in [2.24, 2.45) is 0 Å². The van der Waals surface area contributed by atoms with Gasteiger partial charge in [-0.1, -0.05) is 42.0 Å². The molecule has 1 aromatic heterocycles. The number of nitro groups is 1. The Labute approximate surface area is 169 Å². The Kier molecular flexibility index (Phi) is 5.99. The van der Waals surface area contributed by atoms with E-state index in [2.05, 4.69) is 15.6 Å².